The fourth-order valence-corrected chi connectivity index (χ4v) is 4.43. The number of benzene rings is 3. The normalized spacial score (nSPS) is 14.4. The van der Waals surface area contributed by atoms with Gasteiger partial charge in [0.2, 0.25) is 5.95 Å². The van der Waals surface area contributed by atoms with E-state index in [1.165, 1.54) is 18.5 Å². The van der Waals surface area contributed by atoms with Gasteiger partial charge in [-0.2, -0.15) is 10.1 Å². The Labute approximate surface area is 186 Å². The summed E-state index contributed by atoms with van der Waals surface area (Å²) in [7, 11) is 0. The topological polar surface area (TPSA) is 108 Å². The maximum absolute atomic E-state index is 14.1. The van der Waals surface area contributed by atoms with E-state index in [2.05, 4.69) is 15.4 Å². The number of hydrogen-bond acceptors (Lipinski definition) is 6. The molecule has 0 bridgehead atoms. The number of pyridine rings is 1. The van der Waals surface area contributed by atoms with E-state index in [0.29, 0.717) is 22.8 Å². The van der Waals surface area contributed by atoms with Crippen molar-refractivity contribution in [1.29, 1.82) is 0 Å². The number of non-ortho nitro benzene ring substituents is 1. The predicted molar refractivity (Wildman–Crippen MR) is 123 cm³/mol. The largest absolute Gasteiger partial charge is 0.323 e. The van der Waals surface area contributed by atoms with Crippen molar-refractivity contribution in [3.05, 3.63) is 117 Å². The van der Waals surface area contributed by atoms with Crippen molar-refractivity contribution in [3.63, 3.8) is 0 Å². The number of anilines is 2. The van der Waals surface area contributed by atoms with Gasteiger partial charge in [0, 0.05) is 23.2 Å². The van der Waals surface area contributed by atoms with Crippen LogP contribution in [0.4, 0.5) is 17.3 Å². The lowest BCUT2D eigenvalue weighted by Gasteiger charge is -2.29. The molecule has 1 aliphatic heterocycles. The maximum Gasteiger partial charge on any atom is 0.269 e. The average Bonchev–Trinajstić information content (AvgIpc) is 3.32. The van der Waals surface area contributed by atoms with E-state index in [1.807, 2.05) is 54.6 Å². The standard InChI is InChI=1S/C24H16N6O3/c31-23-20-21(18-8-4-5-9-19(18)28(23)16-6-2-1-3-7-16)27-24-25-14-26-29(24)22(20)15-10-12-17(13-11-15)30(32)33/h1-14,22H,(H,25,26,27). The van der Waals surface area contributed by atoms with Gasteiger partial charge in [-0.25, -0.2) is 4.68 Å². The Morgan fingerprint density at radius 1 is 0.939 bits per heavy atom. The number of para-hydroxylation sites is 2. The van der Waals surface area contributed by atoms with Crippen molar-refractivity contribution in [1.82, 2.24) is 19.3 Å². The van der Waals surface area contributed by atoms with E-state index < -0.39 is 11.0 Å². The molecular weight excluding hydrogens is 420 g/mol. The second kappa shape index (κ2) is 7.13. The van der Waals surface area contributed by atoms with Crippen molar-refractivity contribution >= 4 is 28.2 Å². The van der Waals surface area contributed by atoms with E-state index >= 15 is 0 Å². The summed E-state index contributed by atoms with van der Waals surface area (Å²) in [5, 5.41) is 19.7. The molecule has 0 radical (unpaired) electrons. The number of hydrogen-bond donors (Lipinski definition) is 1. The third-order valence-electron chi connectivity index (χ3n) is 5.88. The average molecular weight is 436 g/mol. The number of fused-ring (bicyclic) bond motifs is 4. The van der Waals surface area contributed by atoms with E-state index in [9.17, 15) is 14.9 Å². The first-order valence-corrected chi connectivity index (χ1v) is 10.3. The molecule has 3 aromatic carbocycles. The molecule has 0 aliphatic carbocycles. The molecule has 0 amide bonds. The lowest BCUT2D eigenvalue weighted by Crippen LogP contribution is -2.33. The van der Waals surface area contributed by atoms with Gasteiger partial charge >= 0.3 is 0 Å². The Kier molecular flexibility index (Phi) is 4.09. The van der Waals surface area contributed by atoms with E-state index in [0.717, 1.165) is 16.6 Å². The summed E-state index contributed by atoms with van der Waals surface area (Å²) in [6.45, 7) is 0. The fourth-order valence-electron chi connectivity index (χ4n) is 4.43. The van der Waals surface area contributed by atoms with Gasteiger partial charge in [-0.15, -0.1) is 0 Å². The second-order valence-corrected chi connectivity index (χ2v) is 7.69. The van der Waals surface area contributed by atoms with Crippen molar-refractivity contribution in [3.8, 4) is 5.69 Å². The third kappa shape index (κ3) is 2.83. The zero-order valence-corrected chi connectivity index (χ0v) is 17.1. The number of rotatable bonds is 3. The molecule has 2 aromatic heterocycles. The van der Waals surface area contributed by atoms with Crippen LogP contribution in [0.1, 0.15) is 17.2 Å². The Bertz CT molecular complexity index is 1590. The second-order valence-electron chi connectivity index (χ2n) is 7.69. The molecule has 1 unspecified atom stereocenters. The van der Waals surface area contributed by atoms with E-state index in [4.69, 9.17) is 0 Å². The monoisotopic (exact) mass is 436 g/mol. The van der Waals surface area contributed by atoms with Crippen LogP contribution in [0, 0.1) is 10.1 Å². The van der Waals surface area contributed by atoms with Crippen molar-refractivity contribution in [2.75, 3.05) is 5.32 Å². The zero-order chi connectivity index (χ0) is 22.5. The molecule has 5 aromatic rings. The number of nitrogens with zero attached hydrogens (tertiary/aromatic N) is 5. The number of aromatic nitrogens is 4. The van der Waals surface area contributed by atoms with Crippen LogP contribution in [-0.4, -0.2) is 24.3 Å². The highest BCUT2D eigenvalue weighted by atomic mass is 16.6. The summed E-state index contributed by atoms with van der Waals surface area (Å²) in [4.78, 5) is 29.1. The fraction of sp³-hybridized carbons (Fsp3) is 0.0417. The van der Waals surface area contributed by atoms with Gasteiger partial charge in [-0.1, -0.05) is 36.4 Å². The Hall–Kier alpha value is -4.79. The first-order valence-electron chi connectivity index (χ1n) is 10.3. The molecule has 3 heterocycles. The van der Waals surface area contributed by atoms with Crippen LogP contribution in [0.3, 0.4) is 0 Å². The number of nitro benzene ring substituents is 1. The quantitative estimate of drug-likeness (QED) is 0.329. The highest BCUT2D eigenvalue weighted by Crippen LogP contribution is 2.41. The molecule has 6 rings (SSSR count). The molecule has 0 saturated carbocycles. The molecule has 9 nitrogen and oxygen atoms in total. The molecule has 1 N–H and O–H groups in total. The first-order chi connectivity index (χ1) is 16.1. The minimum Gasteiger partial charge on any atom is -0.323 e. The summed E-state index contributed by atoms with van der Waals surface area (Å²) in [6.07, 6.45) is 1.42. The highest BCUT2D eigenvalue weighted by molar-refractivity contribution is 5.96. The van der Waals surface area contributed by atoms with Crippen molar-refractivity contribution in [2.45, 2.75) is 6.04 Å². The molecule has 33 heavy (non-hydrogen) atoms. The highest BCUT2D eigenvalue weighted by Gasteiger charge is 2.33. The van der Waals surface area contributed by atoms with Gasteiger partial charge in [0.1, 0.15) is 12.4 Å². The third-order valence-corrected chi connectivity index (χ3v) is 5.88. The van der Waals surface area contributed by atoms with Crippen molar-refractivity contribution in [2.24, 2.45) is 0 Å². The van der Waals surface area contributed by atoms with Crippen LogP contribution in [0.2, 0.25) is 0 Å². The molecule has 0 fully saturated rings. The predicted octanol–water partition coefficient (Wildman–Crippen LogP) is 4.19. The summed E-state index contributed by atoms with van der Waals surface area (Å²) in [6, 6.07) is 22.7. The lowest BCUT2D eigenvalue weighted by atomic mass is 9.94. The Balaban J connectivity index is 1.70. The molecule has 0 spiro atoms. The zero-order valence-electron chi connectivity index (χ0n) is 17.1. The summed E-state index contributed by atoms with van der Waals surface area (Å²) in [5.74, 6) is 0.493. The van der Waals surface area contributed by atoms with E-state index in [1.54, 1.807) is 21.4 Å². The van der Waals surface area contributed by atoms with Gasteiger partial charge in [-0.05, 0) is 35.9 Å². The van der Waals surface area contributed by atoms with Crippen molar-refractivity contribution < 1.29 is 4.92 Å². The van der Waals surface area contributed by atoms with E-state index in [-0.39, 0.29) is 11.2 Å². The van der Waals surface area contributed by atoms with Crippen LogP contribution in [0.25, 0.3) is 16.6 Å². The molecule has 1 atom stereocenters. The molecular formula is C24H16N6O3. The van der Waals surface area contributed by atoms with Crippen LogP contribution in [-0.2, 0) is 0 Å². The van der Waals surface area contributed by atoms with Gasteiger partial charge in [0.15, 0.2) is 0 Å². The minimum atomic E-state index is -0.605. The SMILES string of the molecule is O=c1c2c(c3ccccc3n1-c1ccccc1)Nc1ncnn1C2c1ccc([N+](=O)[O-])cc1. The van der Waals surface area contributed by atoms with Gasteiger partial charge < -0.3 is 5.32 Å². The number of nitro groups is 1. The summed E-state index contributed by atoms with van der Waals surface area (Å²) >= 11 is 0. The Morgan fingerprint density at radius 2 is 1.67 bits per heavy atom. The molecule has 0 saturated heterocycles. The first kappa shape index (κ1) is 18.9. The molecule has 9 heteroatoms. The number of nitrogens with one attached hydrogen (secondary N) is 1. The van der Waals surface area contributed by atoms with Gasteiger partial charge in [0.25, 0.3) is 11.2 Å². The molecule has 160 valence electrons. The summed E-state index contributed by atoms with van der Waals surface area (Å²) in [5.41, 5.74) is 3.13. The Morgan fingerprint density at radius 3 is 2.42 bits per heavy atom. The van der Waals surface area contributed by atoms with Gasteiger partial charge in [-0.3, -0.25) is 19.5 Å². The van der Waals surface area contributed by atoms with Gasteiger partial charge in [0.05, 0.1) is 21.7 Å². The van der Waals surface area contributed by atoms with Crippen LogP contribution < -0.4 is 10.9 Å². The van der Waals surface area contributed by atoms with Crippen LogP contribution in [0.5, 0.6) is 0 Å². The van der Waals surface area contributed by atoms with Crippen LogP contribution >= 0.6 is 0 Å². The smallest absolute Gasteiger partial charge is 0.269 e. The maximum atomic E-state index is 14.1. The summed E-state index contributed by atoms with van der Waals surface area (Å²) < 4.78 is 3.32. The van der Waals surface area contributed by atoms with Crippen LogP contribution in [0.15, 0.2) is 90.0 Å². The lowest BCUT2D eigenvalue weighted by molar-refractivity contribution is -0.384. The molecule has 1 aliphatic rings. The minimum absolute atomic E-state index is 0.0214.